The highest BCUT2D eigenvalue weighted by molar-refractivity contribution is 6.46. The lowest BCUT2D eigenvalue weighted by Crippen LogP contribution is -2.39. The molecule has 2 aromatic heterocycles. The van der Waals surface area contributed by atoms with Gasteiger partial charge in [-0.2, -0.15) is 0 Å². The van der Waals surface area contributed by atoms with Crippen molar-refractivity contribution in [2.24, 2.45) is 0 Å². The molecule has 0 bridgehead atoms. The summed E-state index contributed by atoms with van der Waals surface area (Å²) in [4.78, 5) is 35.7. The summed E-state index contributed by atoms with van der Waals surface area (Å²) >= 11 is 0. The number of aromatic nitrogens is 2. The van der Waals surface area contributed by atoms with Gasteiger partial charge in [0.15, 0.2) is 17.3 Å². The zero-order chi connectivity index (χ0) is 29.1. The van der Waals surface area contributed by atoms with Crippen molar-refractivity contribution in [3.63, 3.8) is 0 Å². The number of aryl methyl sites for hydroxylation is 2. The Morgan fingerprint density at radius 3 is 2.49 bits per heavy atom. The third kappa shape index (κ3) is 5.54. The summed E-state index contributed by atoms with van der Waals surface area (Å²) in [5.74, 6) is -0.544. The smallest absolute Gasteiger partial charge is 0.295 e. The van der Waals surface area contributed by atoms with E-state index in [0.717, 1.165) is 25.2 Å². The summed E-state index contributed by atoms with van der Waals surface area (Å²) < 4.78 is 18.9. The molecular weight excluding hydrogens is 524 g/mol. The van der Waals surface area contributed by atoms with Crippen LogP contribution in [0.3, 0.4) is 0 Å². The quantitative estimate of drug-likeness (QED) is 0.225. The van der Waals surface area contributed by atoms with Crippen molar-refractivity contribution in [3.05, 3.63) is 64.6 Å². The number of benzene rings is 1. The van der Waals surface area contributed by atoms with Crippen LogP contribution in [0.5, 0.6) is 11.5 Å². The van der Waals surface area contributed by atoms with E-state index in [0.29, 0.717) is 67.8 Å². The molecule has 5 rings (SSSR count). The number of nitrogens with zero attached hydrogens (tertiary/aromatic N) is 4. The number of Topliss-reactive ketones (excluding diaryl/α,β-unsaturated/α-hetero) is 1. The summed E-state index contributed by atoms with van der Waals surface area (Å²) in [7, 11) is 0. The number of hydrogen-bond acceptors (Lipinski definition) is 8. The van der Waals surface area contributed by atoms with Gasteiger partial charge in [0.05, 0.1) is 43.7 Å². The highest BCUT2D eigenvalue weighted by atomic mass is 16.5. The molecule has 0 spiro atoms. The monoisotopic (exact) mass is 562 g/mol. The van der Waals surface area contributed by atoms with Gasteiger partial charge < -0.3 is 28.6 Å². The van der Waals surface area contributed by atoms with E-state index in [1.54, 1.807) is 17.0 Å². The molecule has 10 heteroatoms. The highest BCUT2D eigenvalue weighted by Crippen LogP contribution is 2.42. The second kappa shape index (κ2) is 12.3. The van der Waals surface area contributed by atoms with E-state index in [1.165, 1.54) is 0 Å². The van der Waals surface area contributed by atoms with Crippen LogP contribution in [-0.2, 0) is 14.3 Å². The molecule has 0 radical (unpaired) electrons. The molecule has 2 aliphatic heterocycles. The molecule has 3 aromatic rings. The number of imidazole rings is 1. The number of likely N-dealkylation sites (tertiary alicyclic amines) is 1. The maximum atomic E-state index is 13.6. The average molecular weight is 563 g/mol. The Hall–Kier alpha value is -3.89. The first-order valence-electron chi connectivity index (χ1n) is 14.3. The Morgan fingerprint density at radius 1 is 1.05 bits per heavy atom. The number of hydrogen-bond donors (Lipinski definition) is 1. The van der Waals surface area contributed by atoms with Crippen molar-refractivity contribution >= 4 is 23.1 Å². The standard InChI is InChI=1S/C31H38N4O6/c1-5-40-23-11-10-22(19-24(23)41-6-2)27-25(28(36)26-21(4)34-13-7-9-20(3)30(34)32-26)29(37)31(38)35(27)14-8-12-33-15-17-39-18-16-33/h7,9-11,13,19,27,36H,5-6,8,12,14-18H2,1-4H3. The van der Waals surface area contributed by atoms with Crippen LogP contribution in [0.4, 0.5) is 0 Å². The number of ketones is 1. The van der Waals surface area contributed by atoms with Crippen LogP contribution in [0.2, 0.25) is 0 Å². The van der Waals surface area contributed by atoms with Gasteiger partial charge in [0.2, 0.25) is 0 Å². The number of carbonyl (C=O) groups excluding carboxylic acids is 2. The van der Waals surface area contributed by atoms with Crippen molar-refractivity contribution in [1.82, 2.24) is 19.2 Å². The van der Waals surface area contributed by atoms with Crippen molar-refractivity contribution in [2.45, 2.75) is 40.2 Å². The Bertz CT molecular complexity index is 1470. The molecule has 2 fully saturated rings. The normalized spacial score (nSPS) is 19.3. The summed E-state index contributed by atoms with van der Waals surface area (Å²) in [6.45, 7) is 12.6. The van der Waals surface area contributed by atoms with Crippen LogP contribution >= 0.6 is 0 Å². The van der Waals surface area contributed by atoms with Gasteiger partial charge in [0, 0.05) is 32.4 Å². The molecular formula is C31H38N4O6. The van der Waals surface area contributed by atoms with Gasteiger partial charge in [0.25, 0.3) is 11.7 Å². The Balaban J connectivity index is 1.59. The number of aliphatic hydroxyl groups excluding tert-OH is 1. The van der Waals surface area contributed by atoms with Crippen molar-refractivity contribution < 1.29 is 28.9 Å². The molecule has 0 saturated carbocycles. The van der Waals surface area contributed by atoms with Crippen LogP contribution in [0.1, 0.15) is 48.8 Å². The number of aliphatic hydroxyl groups is 1. The number of carbonyl (C=O) groups is 2. The molecule has 1 amide bonds. The number of pyridine rings is 1. The number of rotatable bonds is 10. The number of fused-ring (bicyclic) bond motifs is 1. The van der Waals surface area contributed by atoms with E-state index in [1.807, 2.05) is 56.5 Å². The summed E-state index contributed by atoms with van der Waals surface area (Å²) in [5, 5.41) is 11.7. The third-order valence-corrected chi connectivity index (χ3v) is 7.71. The fourth-order valence-electron chi connectivity index (χ4n) is 5.66. The fourth-order valence-corrected chi connectivity index (χ4v) is 5.66. The molecule has 4 heterocycles. The fraction of sp³-hybridized carbons (Fsp3) is 0.452. The molecule has 1 unspecified atom stereocenters. The molecule has 41 heavy (non-hydrogen) atoms. The molecule has 218 valence electrons. The van der Waals surface area contributed by atoms with Gasteiger partial charge >= 0.3 is 0 Å². The van der Waals surface area contributed by atoms with Crippen LogP contribution < -0.4 is 9.47 Å². The molecule has 10 nitrogen and oxygen atoms in total. The number of amides is 1. The Kier molecular flexibility index (Phi) is 8.60. The predicted octanol–water partition coefficient (Wildman–Crippen LogP) is 3.89. The summed E-state index contributed by atoms with van der Waals surface area (Å²) in [6.07, 6.45) is 2.54. The van der Waals surface area contributed by atoms with E-state index >= 15 is 0 Å². The van der Waals surface area contributed by atoms with Gasteiger partial charge in [-0.25, -0.2) is 4.98 Å². The summed E-state index contributed by atoms with van der Waals surface area (Å²) in [6, 6.07) is 8.45. The predicted molar refractivity (Wildman–Crippen MR) is 154 cm³/mol. The van der Waals surface area contributed by atoms with E-state index in [-0.39, 0.29) is 17.0 Å². The second-order valence-electron chi connectivity index (χ2n) is 10.3. The van der Waals surface area contributed by atoms with E-state index in [9.17, 15) is 14.7 Å². The minimum atomic E-state index is -0.806. The van der Waals surface area contributed by atoms with Crippen LogP contribution in [0.25, 0.3) is 11.4 Å². The lowest BCUT2D eigenvalue weighted by atomic mass is 9.96. The lowest BCUT2D eigenvalue weighted by molar-refractivity contribution is -0.140. The van der Waals surface area contributed by atoms with Crippen LogP contribution in [0.15, 0.2) is 42.1 Å². The highest BCUT2D eigenvalue weighted by Gasteiger charge is 2.46. The van der Waals surface area contributed by atoms with Gasteiger partial charge in [-0.05, 0) is 63.4 Å². The third-order valence-electron chi connectivity index (χ3n) is 7.71. The van der Waals surface area contributed by atoms with Gasteiger partial charge in [-0.3, -0.25) is 14.5 Å². The molecule has 1 atom stereocenters. The maximum Gasteiger partial charge on any atom is 0.295 e. The van der Waals surface area contributed by atoms with Crippen molar-refractivity contribution in [1.29, 1.82) is 0 Å². The lowest BCUT2D eigenvalue weighted by Gasteiger charge is -2.29. The van der Waals surface area contributed by atoms with Crippen molar-refractivity contribution in [3.8, 4) is 11.5 Å². The first-order valence-corrected chi connectivity index (χ1v) is 14.3. The first kappa shape index (κ1) is 28.6. The van der Waals surface area contributed by atoms with Crippen molar-refractivity contribution in [2.75, 3.05) is 52.6 Å². The first-order chi connectivity index (χ1) is 19.8. The second-order valence-corrected chi connectivity index (χ2v) is 10.3. The van der Waals surface area contributed by atoms with Crippen LogP contribution in [-0.4, -0.2) is 88.6 Å². The van der Waals surface area contributed by atoms with Gasteiger partial charge in [0.1, 0.15) is 11.3 Å². The van der Waals surface area contributed by atoms with E-state index in [2.05, 4.69) is 9.88 Å². The minimum absolute atomic E-state index is 0.0251. The largest absolute Gasteiger partial charge is 0.505 e. The SMILES string of the molecule is CCOc1ccc(C2C(=C(O)c3nc4c(C)cccn4c3C)C(=O)C(=O)N2CCCN2CCOCC2)cc1OCC. The molecule has 1 N–H and O–H groups in total. The van der Waals surface area contributed by atoms with E-state index in [4.69, 9.17) is 14.2 Å². The zero-order valence-corrected chi connectivity index (χ0v) is 24.2. The minimum Gasteiger partial charge on any atom is -0.505 e. The van der Waals surface area contributed by atoms with E-state index < -0.39 is 17.7 Å². The van der Waals surface area contributed by atoms with Gasteiger partial charge in [-0.1, -0.05) is 12.1 Å². The number of ether oxygens (including phenoxy) is 3. The Labute approximate surface area is 240 Å². The molecule has 1 aromatic carbocycles. The van der Waals surface area contributed by atoms with Gasteiger partial charge in [-0.15, -0.1) is 0 Å². The zero-order valence-electron chi connectivity index (χ0n) is 24.2. The topological polar surface area (TPSA) is 106 Å². The summed E-state index contributed by atoms with van der Waals surface area (Å²) in [5.41, 5.74) is 3.26. The molecule has 0 aliphatic carbocycles. The molecule has 2 saturated heterocycles. The van der Waals surface area contributed by atoms with Crippen LogP contribution in [0, 0.1) is 13.8 Å². The average Bonchev–Trinajstić information content (AvgIpc) is 3.44. The molecule has 2 aliphatic rings. The maximum absolute atomic E-state index is 13.6. The number of morpholine rings is 1. The Morgan fingerprint density at radius 2 is 1.78 bits per heavy atom.